The van der Waals surface area contributed by atoms with E-state index in [1.165, 1.54) is 30.9 Å². The second kappa shape index (κ2) is 23.1. The van der Waals surface area contributed by atoms with Gasteiger partial charge in [0.1, 0.15) is 42.5 Å². The fourth-order valence-electron chi connectivity index (χ4n) is 8.09. The zero-order valence-electron chi connectivity index (χ0n) is 40.9. The van der Waals surface area contributed by atoms with Crippen LogP contribution in [0.3, 0.4) is 0 Å². The van der Waals surface area contributed by atoms with Crippen LogP contribution >= 0.6 is 19.0 Å². The van der Waals surface area contributed by atoms with Crippen molar-refractivity contribution in [3.8, 4) is 11.5 Å². The molecule has 1 N–H and O–H groups in total. The number of halogens is 1. The normalized spacial score (nSPS) is 17.8. The summed E-state index contributed by atoms with van der Waals surface area (Å²) in [5, 5.41) is 0.325. The van der Waals surface area contributed by atoms with Gasteiger partial charge in [-0.1, -0.05) is 90.5 Å². The molecule has 1 fully saturated rings. The summed E-state index contributed by atoms with van der Waals surface area (Å²) < 4.78 is 88.8. The zero-order chi connectivity index (χ0) is 52.6. The second-order valence-corrected chi connectivity index (χ2v) is 23.3. The van der Waals surface area contributed by atoms with Gasteiger partial charge in [0.2, 0.25) is 7.37 Å². The number of carbonyl (C=O) groups is 2. The minimum absolute atomic E-state index is 0.0575. The number of nitrogens with zero attached hydrogens (tertiary/aromatic N) is 1. The Kier molecular flexibility index (Phi) is 17.2. The molecule has 1 aliphatic rings. The molecule has 73 heavy (non-hydrogen) atoms. The van der Waals surface area contributed by atoms with Crippen LogP contribution in [0.2, 0.25) is 5.02 Å². The van der Waals surface area contributed by atoms with Crippen LogP contribution in [0, 0.1) is 5.41 Å². The maximum Gasteiger partial charge on any atom is 0.508 e. The number of hydrogen-bond donors (Lipinski definition) is 1. The van der Waals surface area contributed by atoms with E-state index >= 15 is 0 Å². The Labute approximate surface area is 427 Å². The quantitative estimate of drug-likeness (QED) is 0.0430. The summed E-state index contributed by atoms with van der Waals surface area (Å²) in [6.45, 7) is 5.26. The highest BCUT2D eigenvalue weighted by atomic mass is 35.5. The summed E-state index contributed by atoms with van der Waals surface area (Å²) in [6, 6.07) is 38.9. The lowest BCUT2D eigenvalue weighted by Gasteiger charge is -2.36. The Bertz CT molecular complexity index is 3080. The number of H-pyrrole nitrogens is 1. The number of esters is 1. The number of methoxy groups -OCH3 is 2. The molecule has 5 aromatic carbocycles. The van der Waals surface area contributed by atoms with Gasteiger partial charge in [0, 0.05) is 30.1 Å². The number of aromatic amines is 1. The van der Waals surface area contributed by atoms with E-state index in [1.807, 2.05) is 91.0 Å². The van der Waals surface area contributed by atoms with Crippen molar-refractivity contribution in [2.24, 2.45) is 5.41 Å². The molecule has 386 valence electrons. The first-order valence-corrected chi connectivity index (χ1v) is 27.3. The van der Waals surface area contributed by atoms with Gasteiger partial charge < -0.3 is 37.7 Å². The average Bonchev–Trinajstić information content (AvgIpc) is 3.68. The number of hydrogen-bond acceptors (Lipinski definition) is 15. The van der Waals surface area contributed by atoms with Crippen LogP contribution in [-0.4, -0.2) is 88.3 Å². The average molecular weight is 1060 g/mol. The highest BCUT2D eigenvalue weighted by Crippen LogP contribution is 2.51. The van der Waals surface area contributed by atoms with Gasteiger partial charge in [-0.2, -0.15) is 0 Å². The molecule has 6 aromatic rings. The Morgan fingerprint density at radius 1 is 0.753 bits per heavy atom. The first kappa shape index (κ1) is 54.2. The highest BCUT2D eigenvalue weighted by Gasteiger charge is 2.52. The van der Waals surface area contributed by atoms with Crippen LogP contribution in [0.4, 0.5) is 4.79 Å². The molecule has 0 aliphatic carbocycles. The maximum absolute atomic E-state index is 14.7. The van der Waals surface area contributed by atoms with E-state index in [9.17, 15) is 32.2 Å². The molecule has 5 atom stereocenters. The third-order valence-corrected chi connectivity index (χ3v) is 15.4. The monoisotopic (exact) mass is 1060 g/mol. The van der Waals surface area contributed by atoms with E-state index in [0.29, 0.717) is 22.1 Å². The van der Waals surface area contributed by atoms with Crippen molar-refractivity contribution in [2.75, 3.05) is 39.9 Å². The number of carbonyl (C=O) groups excluding carboxylic acids is 2. The number of rotatable bonds is 20. The molecule has 0 saturated carbocycles. The van der Waals surface area contributed by atoms with E-state index in [2.05, 4.69) is 4.98 Å². The molecule has 0 radical (unpaired) electrons. The van der Waals surface area contributed by atoms with Gasteiger partial charge in [0.05, 0.1) is 36.9 Å². The zero-order valence-corrected chi connectivity index (χ0v) is 43.4. The van der Waals surface area contributed by atoms with Gasteiger partial charge in [0.25, 0.3) is 5.56 Å². The van der Waals surface area contributed by atoms with Crippen LogP contribution in [0.1, 0.15) is 54.8 Å². The van der Waals surface area contributed by atoms with E-state index in [0.717, 1.165) is 39.1 Å². The first-order chi connectivity index (χ1) is 34.7. The lowest BCUT2D eigenvalue weighted by Crippen LogP contribution is -2.42. The molecule has 1 aromatic heterocycles. The molecule has 0 bridgehead atoms. The molecule has 7 rings (SSSR count). The van der Waals surface area contributed by atoms with Crippen molar-refractivity contribution in [3.63, 3.8) is 0 Å². The number of benzene rings is 5. The van der Waals surface area contributed by atoms with E-state index in [1.54, 1.807) is 47.1 Å². The van der Waals surface area contributed by atoms with E-state index < -0.39 is 95.1 Å². The summed E-state index contributed by atoms with van der Waals surface area (Å²) in [6.07, 6.45) is -6.44. The minimum Gasteiger partial charge on any atom is -0.497 e. The maximum atomic E-state index is 14.7. The molecule has 2 heterocycles. The van der Waals surface area contributed by atoms with Crippen molar-refractivity contribution < 1.29 is 60.3 Å². The topological polar surface area (TPSA) is 214 Å². The van der Waals surface area contributed by atoms with Gasteiger partial charge in [0.15, 0.2) is 22.2 Å². The molecular formula is C53H56ClN2O15PS. The van der Waals surface area contributed by atoms with Crippen molar-refractivity contribution in [3.05, 3.63) is 193 Å². The fraction of sp³-hybridized carbons (Fsp3) is 0.321. The Balaban J connectivity index is 1.14. The molecule has 0 amide bonds. The second-order valence-electron chi connectivity index (χ2n) is 18.2. The van der Waals surface area contributed by atoms with Crippen molar-refractivity contribution >= 4 is 40.9 Å². The molecule has 1 aliphatic heterocycles. The van der Waals surface area contributed by atoms with Gasteiger partial charge in [-0.15, -0.1) is 0 Å². The smallest absolute Gasteiger partial charge is 0.497 e. The Morgan fingerprint density at radius 2 is 1.33 bits per heavy atom. The Hall–Kier alpha value is -6.53. The third-order valence-electron chi connectivity index (χ3n) is 11.8. The standard InChI is InChI=1S/C53H56ClN2O15PS/c1-52(2,3)49(58)67-33-44-46(47(48(69-44)56-29-28-45(57)55-50(56)59)70-51(60)66-30-31-73(62,63)43-26-20-40(54)21-27-43)71-72(6,61)34-36-14-12-35(13-15-36)32-68-53(37-10-8-7-9-11-37,38-16-22-41(64-4)23-17-38)39-18-24-42(65-5)25-19-39/h7-29,44,46-48H,30-34H2,1-6H3,(H,55,57,59)/t44-,46?,47?,48-,72?/m1/s1. The molecule has 3 unspecified atom stereocenters. The number of nitrogens with one attached hydrogen (secondary N) is 1. The largest absolute Gasteiger partial charge is 0.508 e. The lowest BCUT2D eigenvalue weighted by molar-refractivity contribution is -0.159. The van der Waals surface area contributed by atoms with Crippen molar-refractivity contribution in [1.82, 2.24) is 9.55 Å². The summed E-state index contributed by atoms with van der Waals surface area (Å²) in [5.41, 5.74) is 0.197. The van der Waals surface area contributed by atoms with Crippen molar-refractivity contribution in [1.29, 1.82) is 0 Å². The van der Waals surface area contributed by atoms with Crippen LogP contribution in [0.15, 0.2) is 154 Å². The number of aromatic nitrogens is 2. The lowest BCUT2D eigenvalue weighted by atomic mass is 9.80. The van der Waals surface area contributed by atoms with E-state index in [4.69, 9.17) is 49.3 Å². The molecule has 17 nitrogen and oxygen atoms in total. The predicted octanol–water partition coefficient (Wildman–Crippen LogP) is 8.69. The van der Waals surface area contributed by atoms with Crippen LogP contribution in [-0.2, 0) is 65.8 Å². The molecular weight excluding hydrogens is 1000 g/mol. The van der Waals surface area contributed by atoms with Crippen LogP contribution < -0.4 is 20.7 Å². The highest BCUT2D eigenvalue weighted by molar-refractivity contribution is 7.91. The first-order valence-electron chi connectivity index (χ1n) is 23.0. The molecule has 1 saturated heterocycles. The molecule has 0 spiro atoms. The Morgan fingerprint density at radius 3 is 1.89 bits per heavy atom. The number of ether oxygens (including phenoxy) is 7. The van der Waals surface area contributed by atoms with Crippen LogP contribution in [0.5, 0.6) is 11.5 Å². The number of sulfone groups is 1. The van der Waals surface area contributed by atoms with E-state index in [-0.39, 0.29) is 17.7 Å². The summed E-state index contributed by atoms with van der Waals surface area (Å²) in [4.78, 5) is 53.8. The minimum atomic E-state index is -3.94. The summed E-state index contributed by atoms with van der Waals surface area (Å²) in [5.74, 6) is 0.0997. The predicted molar refractivity (Wildman–Crippen MR) is 271 cm³/mol. The van der Waals surface area contributed by atoms with Crippen LogP contribution in [0.25, 0.3) is 0 Å². The summed E-state index contributed by atoms with van der Waals surface area (Å²) in [7, 11) is -4.54. The SMILES string of the molecule is COc1ccc(C(OCc2ccc(CP(C)(=O)OC3C(OC(=O)OCCS(=O)(=O)c4ccc(Cl)cc4)[C@H](n4ccc(=O)[nH]c4=O)O[C@@H]3COC(=O)C(C)(C)C)cc2)(c2ccccc2)c2ccc(OC)cc2)cc1. The third kappa shape index (κ3) is 13.4. The molecule has 20 heteroatoms. The van der Waals surface area contributed by atoms with Gasteiger partial charge in [-0.05, 0) is 97.1 Å². The summed E-state index contributed by atoms with van der Waals surface area (Å²) >= 11 is 5.92. The van der Waals surface area contributed by atoms with Gasteiger partial charge in [-0.25, -0.2) is 18.0 Å². The van der Waals surface area contributed by atoms with Gasteiger partial charge in [-0.3, -0.25) is 23.7 Å². The fourth-order valence-corrected chi connectivity index (χ4v) is 11.0. The van der Waals surface area contributed by atoms with Gasteiger partial charge >= 0.3 is 17.8 Å². The van der Waals surface area contributed by atoms with Crippen molar-refractivity contribution in [2.45, 2.75) is 68.6 Å².